The van der Waals surface area contributed by atoms with E-state index < -0.39 is 0 Å². The molecule has 1 saturated heterocycles. The minimum absolute atomic E-state index is 1.29. The first-order valence-electron chi connectivity index (χ1n) is 6.33. The maximum absolute atomic E-state index is 2.63. The zero-order valence-electron chi connectivity index (χ0n) is 10.3. The van der Waals surface area contributed by atoms with Crippen molar-refractivity contribution in [2.75, 3.05) is 45.8 Å². The summed E-state index contributed by atoms with van der Waals surface area (Å²) in [5, 5.41) is 0. The summed E-state index contributed by atoms with van der Waals surface area (Å²) < 4.78 is 1.30. The molecular formula is C12H27N2+. The van der Waals surface area contributed by atoms with Gasteiger partial charge in [0.15, 0.2) is 0 Å². The van der Waals surface area contributed by atoms with Gasteiger partial charge in [-0.2, -0.15) is 0 Å². The Bertz CT molecular complexity index is 138. The fourth-order valence-corrected chi connectivity index (χ4v) is 2.50. The Labute approximate surface area is 89.5 Å². The van der Waals surface area contributed by atoms with E-state index in [0.717, 1.165) is 0 Å². The van der Waals surface area contributed by atoms with Crippen LogP contribution in [0.3, 0.4) is 0 Å². The third kappa shape index (κ3) is 2.96. The predicted molar refractivity (Wildman–Crippen MR) is 62.4 cm³/mol. The molecule has 0 atom stereocenters. The maximum Gasteiger partial charge on any atom is 0.0915 e. The molecule has 1 fully saturated rings. The Morgan fingerprint density at radius 3 is 1.86 bits per heavy atom. The SMILES string of the molecule is CC[N+](CC)(CC)CCN1CCCC1. The molecular weight excluding hydrogens is 172 g/mol. The van der Waals surface area contributed by atoms with E-state index in [4.69, 9.17) is 0 Å². The molecule has 2 nitrogen and oxygen atoms in total. The van der Waals surface area contributed by atoms with Gasteiger partial charge < -0.3 is 4.48 Å². The number of rotatable bonds is 6. The maximum atomic E-state index is 2.63. The minimum atomic E-state index is 1.29. The molecule has 0 amide bonds. The molecule has 1 rings (SSSR count). The van der Waals surface area contributed by atoms with Crippen molar-refractivity contribution in [1.82, 2.24) is 4.90 Å². The molecule has 0 saturated carbocycles. The summed E-state index contributed by atoms with van der Waals surface area (Å²) in [4.78, 5) is 2.63. The van der Waals surface area contributed by atoms with E-state index in [-0.39, 0.29) is 0 Å². The summed E-state index contributed by atoms with van der Waals surface area (Å²) in [6.07, 6.45) is 2.84. The van der Waals surface area contributed by atoms with Crippen LogP contribution < -0.4 is 0 Å². The molecule has 0 bridgehead atoms. The number of hydrogen-bond donors (Lipinski definition) is 0. The minimum Gasteiger partial charge on any atom is -0.323 e. The Balaban J connectivity index is 2.31. The van der Waals surface area contributed by atoms with Crippen molar-refractivity contribution < 1.29 is 4.48 Å². The Kier molecular flexibility index (Phi) is 4.90. The summed E-state index contributed by atoms with van der Waals surface area (Å²) in [6, 6.07) is 0. The van der Waals surface area contributed by atoms with E-state index in [1.54, 1.807) is 0 Å². The fourth-order valence-electron chi connectivity index (χ4n) is 2.50. The van der Waals surface area contributed by atoms with Crippen molar-refractivity contribution in [3.8, 4) is 0 Å². The van der Waals surface area contributed by atoms with Gasteiger partial charge in [0.05, 0.1) is 26.2 Å². The predicted octanol–water partition coefficient (Wildman–Crippen LogP) is 1.96. The highest BCUT2D eigenvalue weighted by molar-refractivity contribution is 4.65. The van der Waals surface area contributed by atoms with Crippen LogP contribution in [-0.2, 0) is 0 Å². The number of nitrogens with zero attached hydrogens (tertiary/aromatic N) is 2. The summed E-state index contributed by atoms with van der Waals surface area (Å²) in [6.45, 7) is 16.2. The van der Waals surface area contributed by atoms with Crippen LogP contribution in [0.1, 0.15) is 33.6 Å². The quantitative estimate of drug-likeness (QED) is 0.591. The molecule has 0 aromatic heterocycles. The Morgan fingerprint density at radius 2 is 1.43 bits per heavy atom. The van der Waals surface area contributed by atoms with Crippen molar-refractivity contribution in [2.24, 2.45) is 0 Å². The smallest absolute Gasteiger partial charge is 0.0915 e. The number of likely N-dealkylation sites (tertiary alicyclic amines) is 1. The average molecular weight is 199 g/mol. The van der Waals surface area contributed by atoms with Crippen LogP contribution in [0.15, 0.2) is 0 Å². The molecule has 1 heterocycles. The molecule has 1 aliphatic rings. The van der Waals surface area contributed by atoms with Crippen LogP contribution in [0, 0.1) is 0 Å². The Morgan fingerprint density at radius 1 is 0.929 bits per heavy atom. The van der Waals surface area contributed by atoms with Crippen LogP contribution >= 0.6 is 0 Å². The van der Waals surface area contributed by atoms with E-state index >= 15 is 0 Å². The van der Waals surface area contributed by atoms with Crippen LogP contribution in [-0.4, -0.2) is 55.2 Å². The average Bonchev–Trinajstić information content (AvgIpc) is 2.74. The molecule has 0 radical (unpaired) electrons. The first kappa shape index (κ1) is 12.0. The summed E-state index contributed by atoms with van der Waals surface area (Å²) in [5.41, 5.74) is 0. The third-order valence-electron chi connectivity index (χ3n) is 4.10. The topological polar surface area (TPSA) is 3.24 Å². The molecule has 0 aliphatic carbocycles. The summed E-state index contributed by atoms with van der Waals surface area (Å²) in [5.74, 6) is 0. The van der Waals surface area contributed by atoms with Gasteiger partial charge in [-0.05, 0) is 46.7 Å². The van der Waals surface area contributed by atoms with Gasteiger partial charge in [-0.15, -0.1) is 0 Å². The zero-order chi connectivity index (χ0) is 10.4. The molecule has 0 aromatic carbocycles. The lowest BCUT2D eigenvalue weighted by molar-refractivity contribution is -0.922. The summed E-state index contributed by atoms with van der Waals surface area (Å²) >= 11 is 0. The van der Waals surface area contributed by atoms with Gasteiger partial charge >= 0.3 is 0 Å². The zero-order valence-corrected chi connectivity index (χ0v) is 10.3. The highest BCUT2D eigenvalue weighted by Gasteiger charge is 2.22. The number of likely N-dealkylation sites (N-methyl/N-ethyl adjacent to an activating group) is 1. The molecule has 0 unspecified atom stereocenters. The molecule has 1 aliphatic heterocycles. The van der Waals surface area contributed by atoms with Crippen molar-refractivity contribution >= 4 is 0 Å². The number of quaternary nitrogens is 1. The Hall–Kier alpha value is -0.0800. The third-order valence-corrected chi connectivity index (χ3v) is 4.10. The van der Waals surface area contributed by atoms with Crippen molar-refractivity contribution in [2.45, 2.75) is 33.6 Å². The highest BCUT2D eigenvalue weighted by atomic mass is 15.4. The monoisotopic (exact) mass is 199 g/mol. The fraction of sp³-hybridized carbons (Fsp3) is 1.00. The van der Waals surface area contributed by atoms with Gasteiger partial charge in [-0.1, -0.05) is 0 Å². The van der Waals surface area contributed by atoms with Gasteiger partial charge in [-0.25, -0.2) is 0 Å². The number of hydrogen-bond acceptors (Lipinski definition) is 1. The normalized spacial score (nSPS) is 19.1. The van der Waals surface area contributed by atoms with E-state index in [1.165, 1.54) is 63.1 Å². The first-order valence-corrected chi connectivity index (χ1v) is 6.33. The first-order chi connectivity index (χ1) is 6.76. The van der Waals surface area contributed by atoms with Gasteiger partial charge in [0.25, 0.3) is 0 Å². The molecule has 0 spiro atoms. The standard InChI is InChI=1S/C12H27N2/c1-4-14(5-2,6-3)12-11-13-9-7-8-10-13/h4-12H2,1-3H3/q+1. The second kappa shape index (κ2) is 5.72. The highest BCUT2D eigenvalue weighted by Crippen LogP contribution is 2.10. The molecule has 0 aromatic rings. The van der Waals surface area contributed by atoms with E-state index in [0.29, 0.717) is 0 Å². The van der Waals surface area contributed by atoms with Crippen LogP contribution in [0.2, 0.25) is 0 Å². The van der Waals surface area contributed by atoms with Crippen LogP contribution in [0.5, 0.6) is 0 Å². The van der Waals surface area contributed by atoms with E-state index in [9.17, 15) is 0 Å². The second-order valence-electron chi connectivity index (χ2n) is 4.56. The van der Waals surface area contributed by atoms with Gasteiger partial charge in [0.2, 0.25) is 0 Å². The lowest BCUT2D eigenvalue weighted by Crippen LogP contribution is -2.51. The van der Waals surface area contributed by atoms with Crippen molar-refractivity contribution in [3.05, 3.63) is 0 Å². The molecule has 2 heteroatoms. The molecule has 14 heavy (non-hydrogen) atoms. The summed E-state index contributed by atoms with van der Waals surface area (Å²) in [7, 11) is 0. The lowest BCUT2D eigenvalue weighted by atomic mass is 10.3. The van der Waals surface area contributed by atoms with E-state index in [2.05, 4.69) is 25.7 Å². The van der Waals surface area contributed by atoms with Gasteiger partial charge in [0, 0.05) is 6.54 Å². The second-order valence-corrected chi connectivity index (χ2v) is 4.56. The molecule has 84 valence electrons. The largest absolute Gasteiger partial charge is 0.323 e. The van der Waals surface area contributed by atoms with Crippen LogP contribution in [0.25, 0.3) is 0 Å². The van der Waals surface area contributed by atoms with E-state index in [1.807, 2.05) is 0 Å². The van der Waals surface area contributed by atoms with Gasteiger partial charge in [-0.3, -0.25) is 4.90 Å². The van der Waals surface area contributed by atoms with Crippen molar-refractivity contribution in [1.29, 1.82) is 0 Å². The van der Waals surface area contributed by atoms with Crippen molar-refractivity contribution in [3.63, 3.8) is 0 Å². The van der Waals surface area contributed by atoms with Crippen LogP contribution in [0.4, 0.5) is 0 Å². The molecule has 0 N–H and O–H groups in total. The lowest BCUT2D eigenvalue weighted by Gasteiger charge is -2.37. The van der Waals surface area contributed by atoms with Gasteiger partial charge in [0.1, 0.15) is 0 Å².